The molecule has 0 spiro atoms. The molecule has 0 aliphatic carbocycles. The van der Waals surface area contributed by atoms with Gasteiger partial charge in [-0.1, -0.05) is 11.6 Å². The lowest BCUT2D eigenvalue weighted by Gasteiger charge is -2.07. The van der Waals surface area contributed by atoms with Crippen molar-refractivity contribution >= 4 is 33.0 Å². The lowest BCUT2D eigenvalue weighted by molar-refractivity contribution is 0.344. The highest BCUT2D eigenvalue weighted by atomic mass is 35.5. The first-order valence-electron chi connectivity index (χ1n) is 4.53. The maximum Gasteiger partial charge on any atom is 0.137 e. The second kappa shape index (κ2) is 3.79. The van der Waals surface area contributed by atoms with Crippen molar-refractivity contribution in [2.45, 2.75) is 13.8 Å². The molecule has 0 saturated carbocycles. The molecule has 1 aromatic heterocycles. The Morgan fingerprint density at radius 3 is 3.00 bits per heavy atom. The highest BCUT2D eigenvalue weighted by Crippen LogP contribution is 2.37. The van der Waals surface area contributed by atoms with Crippen molar-refractivity contribution in [3.63, 3.8) is 0 Å². The molecule has 0 radical (unpaired) electrons. The molecule has 0 unspecified atom stereocenters. The van der Waals surface area contributed by atoms with Gasteiger partial charge < -0.3 is 4.74 Å². The fourth-order valence-corrected chi connectivity index (χ4v) is 2.61. The normalized spacial score (nSPS) is 10.8. The highest BCUT2D eigenvalue weighted by molar-refractivity contribution is 7.17. The number of hydrogen-bond acceptors (Lipinski definition) is 2. The Labute approximate surface area is 92.3 Å². The van der Waals surface area contributed by atoms with Crippen LogP contribution in [-0.4, -0.2) is 6.61 Å². The number of rotatable bonds is 2. The third kappa shape index (κ3) is 1.49. The van der Waals surface area contributed by atoms with Crippen molar-refractivity contribution in [3.8, 4) is 5.75 Å². The number of benzene rings is 1. The Kier molecular flexibility index (Phi) is 2.66. The second-order valence-corrected chi connectivity index (χ2v) is 4.40. The molecule has 1 heterocycles. The lowest BCUT2D eigenvalue weighted by atomic mass is 10.2. The van der Waals surface area contributed by atoms with Gasteiger partial charge in [-0.3, -0.25) is 0 Å². The minimum absolute atomic E-state index is 0.689. The Hall–Kier alpha value is -0.730. The van der Waals surface area contributed by atoms with Crippen LogP contribution >= 0.6 is 22.9 Å². The summed E-state index contributed by atoms with van der Waals surface area (Å²) >= 11 is 7.86. The summed E-state index contributed by atoms with van der Waals surface area (Å²) in [7, 11) is 0. The van der Waals surface area contributed by atoms with Crippen LogP contribution in [0.5, 0.6) is 5.75 Å². The SMILES string of the molecule is CCOc1cc(C)c(Cl)c2ccsc12. The van der Waals surface area contributed by atoms with E-state index >= 15 is 0 Å². The molecular formula is C11H11ClOS. The molecule has 3 heteroatoms. The molecule has 74 valence electrons. The summed E-state index contributed by atoms with van der Waals surface area (Å²) in [5.41, 5.74) is 1.07. The van der Waals surface area contributed by atoms with Gasteiger partial charge in [0, 0.05) is 5.39 Å². The molecule has 0 N–H and O–H groups in total. The molecule has 0 aliphatic rings. The Morgan fingerprint density at radius 1 is 1.50 bits per heavy atom. The molecule has 1 nitrogen and oxygen atoms in total. The zero-order valence-electron chi connectivity index (χ0n) is 8.13. The Morgan fingerprint density at radius 2 is 2.29 bits per heavy atom. The van der Waals surface area contributed by atoms with Crippen molar-refractivity contribution < 1.29 is 4.74 Å². The van der Waals surface area contributed by atoms with Gasteiger partial charge in [-0.25, -0.2) is 0 Å². The third-order valence-electron chi connectivity index (χ3n) is 2.12. The first kappa shape index (κ1) is 9.81. The zero-order chi connectivity index (χ0) is 10.1. The van der Waals surface area contributed by atoms with Crippen molar-refractivity contribution in [3.05, 3.63) is 28.1 Å². The molecule has 2 aromatic rings. The van der Waals surface area contributed by atoms with E-state index < -0.39 is 0 Å². The van der Waals surface area contributed by atoms with Crippen LogP contribution in [-0.2, 0) is 0 Å². The third-order valence-corrected chi connectivity index (χ3v) is 3.55. The van der Waals surface area contributed by atoms with Gasteiger partial charge in [-0.2, -0.15) is 0 Å². The Bertz CT molecular complexity index is 462. The van der Waals surface area contributed by atoms with Crippen LogP contribution in [0.4, 0.5) is 0 Å². The minimum Gasteiger partial charge on any atom is -0.492 e. The van der Waals surface area contributed by atoms with Gasteiger partial charge >= 0.3 is 0 Å². The number of thiophene rings is 1. The van der Waals surface area contributed by atoms with Gasteiger partial charge in [0.05, 0.1) is 16.3 Å². The van der Waals surface area contributed by atoms with Crippen molar-refractivity contribution in [1.82, 2.24) is 0 Å². The molecule has 0 amide bonds. The molecule has 0 bridgehead atoms. The molecule has 1 aromatic carbocycles. The van der Waals surface area contributed by atoms with E-state index in [1.807, 2.05) is 31.4 Å². The van der Waals surface area contributed by atoms with Gasteiger partial charge in [-0.05, 0) is 36.9 Å². The highest BCUT2D eigenvalue weighted by Gasteiger charge is 2.09. The molecular weight excluding hydrogens is 216 g/mol. The maximum atomic E-state index is 6.19. The van der Waals surface area contributed by atoms with E-state index in [2.05, 4.69) is 0 Å². The van der Waals surface area contributed by atoms with E-state index in [1.165, 1.54) is 0 Å². The van der Waals surface area contributed by atoms with E-state index in [-0.39, 0.29) is 0 Å². The predicted molar refractivity (Wildman–Crippen MR) is 62.7 cm³/mol. The minimum atomic E-state index is 0.689. The fraction of sp³-hybridized carbons (Fsp3) is 0.273. The summed E-state index contributed by atoms with van der Waals surface area (Å²) in [5.74, 6) is 0.944. The van der Waals surface area contributed by atoms with E-state index in [0.717, 1.165) is 26.4 Å². The van der Waals surface area contributed by atoms with Crippen LogP contribution < -0.4 is 4.74 Å². The van der Waals surface area contributed by atoms with Crippen LogP contribution in [0, 0.1) is 6.92 Å². The number of halogens is 1. The summed E-state index contributed by atoms with van der Waals surface area (Å²) in [5, 5.41) is 3.98. The summed E-state index contributed by atoms with van der Waals surface area (Å²) in [6.45, 7) is 4.68. The van der Waals surface area contributed by atoms with Crippen molar-refractivity contribution in [2.75, 3.05) is 6.61 Å². The number of ether oxygens (including phenoxy) is 1. The first-order valence-corrected chi connectivity index (χ1v) is 5.79. The monoisotopic (exact) mass is 226 g/mol. The van der Waals surface area contributed by atoms with Crippen LogP contribution in [0.2, 0.25) is 5.02 Å². The van der Waals surface area contributed by atoms with E-state index in [4.69, 9.17) is 16.3 Å². The molecule has 0 saturated heterocycles. The largest absolute Gasteiger partial charge is 0.492 e. The Balaban J connectivity index is 2.71. The summed E-state index contributed by atoms with van der Waals surface area (Å²) in [4.78, 5) is 0. The summed E-state index contributed by atoms with van der Waals surface area (Å²) < 4.78 is 6.71. The van der Waals surface area contributed by atoms with Gasteiger partial charge in [0.25, 0.3) is 0 Å². The van der Waals surface area contributed by atoms with Crippen LogP contribution in [0.25, 0.3) is 10.1 Å². The maximum absolute atomic E-state index is 6.19. The molecule has 0 aliphatic heterocycles. The summed E-state index contributed by atoms with van der Waals surface area (Å²) in [6, 6.07) is 4.04. The second-order valence-electron chi connectivity index (χ2n) is 3.10. The standard InChI is InChI=1S/C11H11ClOS/c1-3-13-9-6-7(2)10(12)8-4-5-14-11(8)9/h4-6H,3H2,1-2H3. The van der Waals surface area contributed by atoms with Gasteiger partial charge in [-0.15, -0.1) is 11.3 Å². The summed E-state index contributed by atoms with van der Waals surface area (Å²) in [6.07, 6.45) is 0. The van der Waals surface area contributed by atoms with E-state index in [0.29, 0.717) is 6.61 Å². The quantitative estimate of drug-likeness (QED) is 0.744. The average molecular weight is 227 g/mol. The number of hydrogen-bond donors (Lipinski definition) is 0. The fourth-order valence-electron chi connectivity index (χ4n) is 1.47. The lowest BCUT2D eigenvalue weighted by Crippen LogP contribution is -1.92. The molecule has 14 heavy (non-hydrogen) atoms. The smallest absolute Gasteiger partial charge is 0.137 e. The van der Waals surface area contributed by atoms with Crippen LogP contribution in [0.3, 0.4) is 0 Å². The molecule has 2 rings (SSSR count). The number of aryl methyl sites for hydroxylation is 1. The van der Waals surface area contributed by atoms with Gasteiger partial charge in [0.2, 0.25) is 0 Å². The van der Waals surface area contributed by atoms with E-state index in [9.17, 15) is 0 Å². The van der Waals surface area contributed by atoms with E-state index in [1.54, 1.807) is 11.3 Å². The average Bonchev–Trinajstić information content (AvgIpc) is 2.63. The number of fused-ring (bicyclic) bond motifs is 1. The van der Waals surface area contributed by atoms with Gasteiger partial charge in [0.15, 0.2) is 0 Å². The molecule has 0 fully saturated rings. The van der Waals surface area contributed by atoms with Crippen molar-refractivity contribution in [2.24, 2.45) is 0 Å². The molecule has 0 atom stereocenters. The zero-order valence-corrected chi connectivity index (χ0v) is 9.71. The first-order chi connectivity index (χ1) is 6.74. The van der Waals surface area contributed by atoms with Crippen LogP contribution in [0.15, 0.2) is 17.5 Å². The van der Waals surface area contributed by atoms with Crippen LogP contribution in [0.1, 0.15) is 12.5 Å². The topological polar surface area (TPSA) is 9.23 Å². The predicted octanol–water partition coefficient (Wildman–Crippen LogP) is 4.26. The van der Waals surface area contributed by atoms with Crippen molar-refractivity contribution in [1.29, 1.82) is 0 Å². The van der Waals surface area contributed by atoms with Gasteiger partial charge in [0.1, 0.15) is 5.75 Å².